The van der Waals surface area contributed by atoms with Crippen molar-refractivity contribution >= 4 is 46.4 Å². The summed E-state index contributed by atoms with van der Waals surface area (Å²) in [6, 6.07) is 22.4. The van der Waals surface area contributed by atoms with Gasteiger partial charge in [0.2, 0.25) is 0 Å². The van der Waals surface area contributed by atoms with Crippen molar-refractivity contribution in [2.45, 2.75) is 6.92 Å². The molecule has 2 amide bonds. The lowest BCUT2D eigenvalue weighted by atomic mass is 10.1. The van der Waals surface area contributed by atoms with E-state index in [1.807, 2.05) is 25.1 Å². The van der Waals surface area contributed by atoms with Gasteiger partial charge in [-0.05, 0) is 73.7 Å². The number of amides is 2. The molecule has 2 N–H and O–H groups in total. The number of rotatable bonds is 5. The van der Waals surface area contributed by atoms with Crippen molar-refractivity contribution in [2.75, 3.05) is 10.6 Å². The third-order valence-corrected chi connectivity index (χ3v) is 5.27. The highest BCUT2D eigenvalue weighted by atomic mass is 35.5. The molecule has 7 heteroatoms. The van der Waals surface area contributed by atoms with Crippen molar-refractivity contribution in [1.29, 1.82) is 0 Å². The van der Waals surface area contributed by atoms with Gasteiger partial charge < -0.3 is 15.1 Å². The number of hydrogen-bond donors (Lipinski definition) is 2. The number of benzene rings is 3. The molecule has 0 aliphatic rings. The Morgan fingerprint density at radius 1 is 0.781 bits per heavy atom. The van der Waals surface area contributed by atoms with Gasteiger partial charge in [0.05, 0.1) is 5.02 Å². The summed E-state index contributed by atoms with van der Waals surface area (Å²) in [5, 5.41) is 6.59. The van der Waals surface area contributed by atoms with Crippen LogP contribution in [0.5, 0.6) is 0 Å². The average Bonchev–Trinajstić information content (AvgIpc) is 3.27. The Balaban J connectivity index is 1.41. The minimum absolute atomic E-state index is 0.132. The van der Waals surface area contributed by atoms with Crippen LogP contribution in [0, 0.1) is 6.92 Å². The smallest absolute Gasteiger partial charge is 0.291 e. The minimum Gasteiger partial charge on any atom is -0.451 e. The van der Waals surface area contributed by atoms with Crippen molar-refractivity contribution in [3.63, 3.8) is 0 Å². The second-order valence-electron chi connectivity index (χ2n) is 7.14. The molecular weight excluding hydrogens is 447 g/mol. The summed E-state index contributed by atoms with van der Waals surface area (Å²) < 4.78 is 5.66. The largest absolute Gasteiger partial charge is 0.451 e. The zero-order valence-electron chi connectivity index (χ0n) is 17.0. The van der Waals surface area contributed by atoms with Gasteiger partial charge in [-0.1, -0.05) is 40.9 Å². The maximum absolute atomic E-state index is 12.6. The molecule has 0 radical (unpaired) electrons. The van der Waals surface area contributed by atoms with Crippen LogP contribution in [0.4, 0.5) is 11.4 Å². The van der Waals surface area contributed by atoms with Gasteiger partial charge in [-0.15, -0.1) is 0 Å². The van der Waals surface area contributed by atoms with E-state index < -0.39 is 5.91 Å². The third kappa shape index (κ3) is 5.02. The van der Waals surface area contributed by atoms with Gasteiger partial charge in [-0.25, -0.2) is 0 Å². The number of halogens is 2. The third-order valence-electron chi connectivity index (χ3n) is 4.70. The molecule has 4 rings (SSSR count). The molecule has 0 unspecified atom stereocenters. The molecule has 0 spiro atoms. The molecule has 4 aromatic rings. The second kappa shape index (κ2) is 9.30. The van der Waals surface area contributed by atoms with E-state index >= 15 is 0 Å². The molecule has 5 nitrogen and oxygen atoms in total. The lowest BCUT2D eigenvalue weighted by molar-refractivity contribution is 0.0995. The first-order chi connectivity index (χ1) is 15.4. The number of hydrogen-bond acceptors (Lipinski definition) is 3. The van der Waals surface area contributed by atoms with Crippen molar-refractivity contribution in [1.82, 2.24) is 0 Å². The topological polar surface area (TPSA) is 71.3 Å². The predicted octanol–water partition coefficient (Wildman–Crippen LogP) is 7.07. The summed E-state index contributed by atoms with van der Waals surface area (Å²) in [4.78, 5) is 24.9. The maximum Gasteiger partial charge on any atom is 0.291 e. The van der Waals surface area contributed by atoms with E-state index in [9.17, 15) is 9.59 Å². The van der Waals surface area contributed by atoms with Crippen LogP contribution in [0.1, 0.15) is 26.5 Å². The first-order valence-electron chi connectivity index (χ1n) is 9.74. The first-order valence-corrected chi connectivity index (χ1v) is 10.5. The average molecular weight is 465 g/mol. The van der Waals surface area contributed by atoms with Crippen LogP contribution in [0.3, 0.4) is 0 Å². The molecule has 160 valence electrons. The fourth-order valence-corrected chi connectivity index (χ4v) is 3.49. The molecule has 0 aliphatic heterocycles. The molecule has 0 atom stereocenters. The van der Waals surface area contributed by atoms with Crippen molar-refractivity contribution in [3.05, 3.63) is 106 Å². The predicted molar refractivity (Wildman–Crippen MR) is 128 cm³/mol. The Labute approximate surface area is 195 Å². The van der Waals surface area contributed by atoms with Crippen LogP contribution in [-0.4, -0.2) is 11.8 Å². The van der Waals surface area contributed by atoms with Gasteiger partial charge in [0, 0.05) is 27.5 Å². The van der Waals surface area contributed by atoms with E-state index in [-0.39, 0.29) is 11.7 Å². The fraction of sp³-hybridized carbons (Fsp3) is 0.0400. The normalized spacial score (nSPS) is 10.6. The Hall–Kier alpha value is -3.54. The van der Waals surface area contributed by atoms with Crippen LogP contribution in [0.2, 0.25) is 10.0 Å². The van der Waals surface area contributed by atoms with Crippen molar-refractivity contribution in [3.8, 4) is 11.3 Å². The number of nitrogens with one attached hydrogen (secondary N) is 2. The zero-order valence-corrected chi connectivity index (χ0v) is 18.5. The first kappa shape index (κ1) is 21.7. The Bertz CT molecular complexity index is 1300. The number of anilines is 2. The van der Waals surface area contributed by atoms with Gasteiger partial charge in [-0.2, -0.15) is 0 Å². The Morgan fingerprint density at radius 3 is 2.16 bits per heavy atom. The molecule has 0 fully saturated rings. The van der Waals surface area contributed by atoms with E-state index in [2.05, 4.69) is 10.6 Å². The van der Waals surface area contributed by atoms with Gasteiger partial charge in [0.15, 0.2) is 5.76 Å². The van der Waals surface area contributed by atoms with Crippen LogP contribution < -0.4 is 10.6 Å². The monoisotopic (exact) mass is 464 g/mol. The molecule has 1 aromatic heterocycles. The molecule has 0 bridgehead atoms. The fourth-order valence-electron chi connectivity index (χ4n) is 3.11. The Kier molecular flexibility index (Phi) is 6.30. The standard InChI is InChI=1S/C25H18Cl2N2O3/c1-15-3-2-4-16(13-15)24(30)28-18-6-8-19(9-7-18)29-25(31)23-12-11-22(32-23)20-14-17(26)5-10-21(20)27/h2-14H,1H3,(H,28,30)(H,29,31). The molecule has 0 saturated carbocycles. The molecule has 0 aliphatic carbocycles. The summed E-state index contributed by atoms with van der Waals surface area (Å²) in [7, 11) is 0. The van der Waals surface area contributed by atoms with Gasteiger partial charge in [-0.3, -0.25) is 9.59 Å². The summed E-state index contributed by atoms with van der Waals surface area (Å²) in [5.74, 6) is -0.0380. The van der Waals surface area contributed by atoms with Crippen molar-refractivity contribution < 1.29 is 14.0 Å². The highest BCUT2D eigenvalue weighted by molar-refractivity contribution is 6.35. The van der Waals surface area contributed by atoms with E-state index in [4.69, 9.17) is 27.6 Å². The lowest BCUT2D eigenvalue weighted by Crippen LogP contribution is -2.13. The molecule has 0 saturated heterocycles. The summed E-state index contributed by atoms with van der Waals surface area (Å²) in [6.45, 7) is 1.93. The number of aryl methyl sites for hydroxylation is 1. The molecular formula is C25H18Cl2N2O3. The van der Waals surface area contributed by atoms with Crippen molar-refractivity contribution in [2.24, 2.45) is 0 Å². The number of carbonyl (C=O) groups excluding carboxylic acids is 2. The highest BCUT2D eigenvalue weighted by Crippen LogP contribution is 2.32. The zero-order chi connectivity index (χ0) is 22.7. The van der Waals surface area contributed by atoms with Gasteiger partial charge >= 0.3 is 0 Å². The Morgan fingerprint density at radius 2 is 1.47 bits per heavy atom. The number of carbonyl (C=O) groups is 2. The lowest BCUT2D eigenvalue weighted by Gasteiger charge is -2.08. The van der Waals surface area contributed by atoms with E-state index in [0.717, 1.165) is 5.56 Å². The molecule has 1 heterocycles. The SMILES string of the molecule is Cc1cccc(C(=O)Nc2ccc(NC(=O)c3ccc(-c4cc(Cl)ccc4Cl)o3)cc2)c1. The molecule has 3 aromatic carbocycles. The second-order valence-corrected chi connectivity index (χ2v) is 7.99. The van der Waals surface area contributed by atoms with E-state index in [1.165, 1.54) is 0 Å². The maximum atomic E-state index is 12.6. The van der Waals surface area contributed by atoms with Crippen LogP contribution >= 0.6 is 23.2 Å². The van der Waals surface area contributed by atoms with Crippen LogP contribution in [-0.2, 0) is 0 Å². The minimum atomic E-state index is -0.411. The summed E-state index contributed by atoms with van der Waals surface area (Å²) >= 11 is 12.2. The summed E-state index contributed by atoms with van der Waals surface area (Å²) in [5.41, 5.74) is 3.37. The molecule has 32 heavy (non-hydrogen) atoms. The van der Waals surface area contributed by atoms with E-state index in [0.29, 0.717) is 38.3 Å². The van der Waals surface area contributed by atoms with Crippen LogP contribution in [0.25, 0.3) is 11.3 Å². The van der Waals surface area contributed by atoms with Gasteiger partial charge in [0.1, 0.15) is 5.76 Å². The van der Waals surface area contributed by atoms with Crippen LogP contribution in [0.15, 0.2) is 83.3 Å². The number of furan rings is 1. The van der Waals surface area contributed by atoms with E-state index in [1.54, 1.807) is 60.7 Å². The highest BCUT2D eigenvalue weighted by Gasteiger charge is 2.15. The summed E-state index contributed by atoms with van der Waals surface area (Å²) in [6.07, 6.45) is 0. The van der Waals surface area contributed by atoms with Gasteiger partial charge in [0.25, 0.3) is 11.8 Å². The quantitative estimate of drug-likeness (QED) is 0.331.